The molecule has 20 heavy (non-hydrogen) atoms. The van der Waals surface area contributed by atoms with Gasteiger partial charge in [-0.05, 0) is 12.8 Å². The Kier molecular flexibility index (Phi) is 3.10. The van der Waals surface area contributed by atoms with Crippen molar-refractivity contribution in [2.75, 3.05) is 13.1 Å². The van der Waals surface area contributed by atoms with Crippen LogP contribution in [-0.4, -0.2) is 39.8 Å². The van der Waals surface area contributed by atoms with Gasteiger partial charge >= 0.3 is 6.30 Å². The molecular weight excluding hydrogens is 275 g/mol. The number of likely N-dealkylation sites (tertiary alicyclic amines) is 1. The molecule has 1 aliphatic heterocycles. The molecule has 110 valence electrons. The maximum atomic E-state index is 12.6. The second-order valence-electron chi connectivity index (χ2n) is 5.14. The summed E-state index contributed by atoms with van der Waals surface area (Å²) in [6.45, 7) is 0.887. The number of ether oxygens (including phenoxy) is 1. The third-order valence-electron chi connectivity index (χ3n) is 3.52. The SMILES string of the molecule is O=C(C1CC1)N1CCC(Oc2ccnn2C(F)(F)F)C1. The monoisotopic (exact) mass is 289 g/mol. The van der Waals surface area contributed by atoms with Crippen molar-refractivity contribution < 1.29 is 22.7 Å². The molecule has 1 aliphatic carbocycles. The average Bonchev–Trinajstić information content (AvgIpc) is 2.93. The van der Waals surface area contributed by atoms with Gasteiger partial charge in [-0.3, -0.25) is 4.79 Å². The number of aromatic nitrogens is 2. The van der Waals surface area contributed by atoms with Crippen molar-refractivity contribution in [3.05, 3.63) is 12.3 Å². The van der Waals surface area contributed by atoms with Crippen LogP contribution in [0.4, 0.5) is 13.2 Å². The minimum atomic E-state index is -4.60. The van der Waals surface area contributed by atoms with Crippen LogP contribution in [0, 0.1) is 5.92 Å². The van der Waals surface area contributed by atoms with Gasteiger partial charge in [-0.2, -0.15) is 5.10 Å². The summed E-state index contributed by atoms with van der Waals surface area (Å²) in [5.74, 6) is -0.113. The normalized spacial score (nSPS) is 23.1. The number of amides is 1. The first-order chi connectivity index (χ1) is 9.45. The summed E-state index contributed by atoms with van der Waals surface area (Å²) in [5.41, 5.74) is 0. The van der Waals surface area contributed by atoms with E-state index in [0.717, 1.165) is 19.0 Å². The molecule has 8 heteroatoms. The topological polar surface area (TPSA) is 47.4 Å². The minimum Gasteiger partial charge on any atom is -0.472 e. The van der Waals surface area contributed by atoms with Crippen molar-refractivity contribution in [2.45, 2.75) is 31.7 Å². The third-order valence-corrected chi connectivity index (χ3v) is 3.52. The van der Waals surface area contributed by atoms with Crippen molar-refractivity contribution >= 4 is 5.91 Å². The van der Waals surface area contributed by atoms with Gasteiger partial charge in [0.15, 0.2) is 0 Å². The molecule has 2 heterocycles. The van der Waals surface area contributed by atoms with Crippen molar-refractivity contribution in [1.29, 1.82) is 0 Å². The summed E-state index contributed by atoms with van der Waals surface area (Å²) in [6, 6.07) is 1.18. The Balaban J connectivity index is 1.62. The Morgan fingerprint density at radius 2 is 2.10 bits per heavy atom. The summed E-state index contributed by atoms with van der Waals surface area (Å²) < 4.78 is 43.1. The van der Waals surface area contributed by atoms with E-state index in [4.69, 9.17) is 4.74 Å². The molecule has 0 aromatic carbocycles. The van der Waals surface area contributed by atoms with Crippen LogP contribution in [-0.2, 0) is 11.1 Å². The van der Waals surface area contributed by atoms with Crippen LogP contribution in [0.5, 0.6) is 5.88 Å². The number of nitrogens with zero attached hydrogens (tertiary/aromatic N) is 3. The highest BCUT2D eigenvalue weighted by atomic mass is 19.4. The molecule has 1 aromatic rings. The predicted octanol–water partition coefficient (Wildman–Crippen LogP) is 1.75. The first-order valence-electron chi connectivity index (χ1n) is 6.52. The minimum absolute atomic E-state index is 0.0976. The number of alkyl halides is 3. The van der Waals surface area contributed by atoms with Gasteiger partial charge in [-0.15, -0.1) is 17.9 Å². The summed E-state index contributed by atoms with van der Waals surface area (Å²) >= 11 is 0. The van der Waals surface area contributed by atoms with E-state index in [2.05, 4.69) is 5.10 Å². The van der Waals surface area contributed by atoms with E-state index in [0.29, 0.717) is 19.5 Å². The van der Waals surface area contributed by atoms with E-state index < -0.39 is 12.4 Å². The molecule has 1 unspecified atom stereocenters. The molecule has 1 saturated heterocycles. The molecule has 0 spiro atoms. The fourth-order valence-electron chi connectivity index (χ4n) is 2.35. The zero-order chi connectivity index (χ0) is 14.3. The third kappa shape index (κ3) is 2.59. The van der Waals surface area contributed by atoms with Gasteiger partial charge in [0.2, 0.25) is 11.8 Å². The average molecular weight is 289 g/mol. The van der Waals surface area contributed by atoms with E-state index >= 15 is 0 Å². The second kappa shape index (κ2) is 4.68. The Morgan fingerprint density at radius 3 is 2.75 bits per heavy atom. The van der Waals surface area contributed by atoms with Gasteiger partial charge in [-0.25, -0.2) is 0 Å². The Hall–Kier alpha value is -1.73. The molecule has 1 atom stereocenters. The number of halogens is 3. The van der Waals surface area contributed by atoms with Crippen LogP contribution >= 0.6 is 0 Å². The summed E-state index contributed by atoms with van der Waals surface area (Å²) in [4.78, 5) is 13.5. The molecule has 2 aliphatic rings. The first kappa shape index (κ1) is 13.3. The standard InChI is InChI=1S/C12H14F3N3O2/c13-12(14,15)18-10(3-5-16-18)20-9-4-6-17(7-9)11(19)8-1-2-8/h3,5,8-9H,1-2,4,6-7H2. The van der Waals surface area contributed by atoms with Gasteiger partial charge in [-0.1, -0.05) is 0 Å². The van der Waals surface area contributed by atoms with E-state index in [9.17, 15) is 18.0 Å². The lowest BCUT2D eigenvalue weighted by Crippen LogP contribution is -2.32. The van der Waals surface area contributed by atoms with Crippen molar-refractivity contribution in [1.82, 2.24) is 14.7 Å². The van der Waals surface area contributed by atoms with Crippen molar-refractivity contribution in [2.24, 2.45) is 5.92 Å². The van der Waals surface area contributed by atoms with Gasteiger partial charge in [0.05, 0.1) is 12.7 Å². The number of hydrogen-bond acceptors (Lipinski definition) is 3. The first-order valence-corrected chi connectivity index (χ1v) is 6.52. The summed E-state index contributed by atoms with van der Waals surface area (Å²) in [7, 11) is 0. The molecule has 2 fully saturated rings. The number of hydrogen-bond donors (Lipinski definition) is 0. The van der Waals surface area contributed by atoms with E-state index in [1.54, 1.807) is 4.90 Å². The van der Waals surface area contributed by atoms with Gasteiger partial charge < -0.3 is 9.64 Å². The van der Waals surface area contributed by atoms with Crippen molar-refractivity contribution in [3.8, 4) is 5.88 Å². The van der Waals surface area contributed by atoms with Gasteiger partial charge in [0.1, 0.15) is 6.10 Å². The molecule has 0 N–H and O–H groups in total. The highest BCUT2D eigenvalue weighted by Gasteiger charge is 2.39. The molecule has 1 saturated carbocycles. The van der Waals surface area contributed by atoms with E-state index in [-0.39, 0.29) is 22.4 Å². The lowest BCUT2D eigenvalue weighted by Gasteiger charge is -2.18. The van der Waals surface area contributed by atoms with Crippen LogP contribution < -0.4 is 4.74 Å². The fourth-order valence-corrected chi connectivity index (χ4v) is 2.35. The van der Waals surface area contributed by atoms with Crippen LogP contribution in [0.1, 0.15) is 19.3 Å². The van der Waals surface area contributed by atoms with Gasteiger partial charge in [0, 0.05) is 24.9 Å². The van der Waals surface area contributed by atoms with E-state index in [1.165, 1.54) is 6.07 Å². The largest absolute Gasteiger partial charge is 0.507 e. The van der Waals surface area contributed by atoms with Crippen LogP contribution in [0.3, 0.4) is 0 Å². The maximum Gasteiger partial charge on any atom is 0.507 e. The smallest absolute Gasteiger partial charge is 0.472 e. The van der Waals surface area contributed by atoms with Crippen LogP contribution in [0.25, 0.3) is 0 Å². The van der Waals surface area contributed by atoms with Crippen LogP contribution in [0.15, 0.2) is 12.3 Å². The quantitative estimate of drug-likeness (QED) is 0.851. The molecule has 3 rings (SSSR count). The lowest BCUT2D eigenvalue weighted by atomic mass is 10.3. The number of carbonyl (C=O) groups excluding carboxylic acids is 1. The van der Waals surface area contributed by atoms with Crippen LogP contribution in [0.2, 0.25) is 0 Å². The highest BCUT2D eigenvalue weighted by Crippen LogP contribution is 2.33. The molecule has 0 bridgehead atoms. The Bertz CT molecular complexity index is 510. The Labute approximate surface area is 113 Å². The zero-order valence-corrected chi connectivity index (χ0v) is 10.6. The fraction of sp³-hybridized carbons (Fsp3) is 0.667. The highest BCUT2D eigenvalue weighted by molar-refractivity contribution is 5.81. The molecule has 1 amide bonds. The molecule has 0 radical (unpaired) electrons. The number of carbonyl (C=O) groups is 1. The zero-order valence-electron chi connectivity index (χ0n) is 10.6. The molecule has 1 aromatic heterocycles. The molecular formula is C12H14F3N3O2. The predicted molar refractivity (Wildman–Crippen MR) is 61.9 cm³/mol. The van der Waals surface area contributed by atoms with Gasteiger partial charge in [0.25, 0.3) is 0 Å². The Morgan fingerprint density at radius 1 is 1.35 bits per heavy atom. The molecule has 5 nitrogen and oxygen atoms in total. The maximum absolute atomic E-state index is 12.6. The van der Waals surface area contributed by atoms with E-state index in [1.807, 2.05) is 0 Å². The summed E-state index contributed by atoms with van der Waals surface area (Å²) in [6.07, 6.45) is -1.58. The summed E-state index contributed by atoms with van der Waals surface area (Å²) in [5, 5.41) is 3.21. The lowest BCUT2D eigenvalue weighted by molar-refractivity contribution is -0.215. The second-order valence-corrected chi connectivity index (χ2v) is 5.14. The van der Waals surface area contributed by atoms with Crippen molar-refractivity contribution in [3.63, 3.8) is 0 Å². The number of rotatable bonds is 3.